The van der Waals surface area contributed by atoms with E-state index in [9.17, 15) is 9.18 Å². The third kappa shape index (κ3) is 7.55. The van der Waals surface area contributed by atoms with Gasteiger partial charge in [0.1, 0.15) is 11.6 Å². The average Bonchev–Trinajstić information content (AvgIpc) is 3.50. The molecule has 2 aromatic rings. The Kier molecular flexibility index (Phi) is 8.79. The minimum atomic E-state index is -0.825. The molecule has 4 rings (SSSR count). The van der Waals surface area contributed by atoms with Crippen molar-refractivity contribution in [3.05, 3.63) is 53.8 Å². The number of carbonyl (C=O) groups is 1. The molecule has 1 fully saturated rings. The molecule has 35 heavy (non-hydrogen) atoms. The van der Waals surface area contributed by atoms with E-state index in [-0.39, 0.29) is 18.8 Å². The zero-order valence-electron chi connectivity index (χ0n) is 20.4. The van der Waals surface area contributed by atoms with Crippen molar-refractivity contribution in [2.75, 3.05) is 53.7 Å². The standard InChI is InChI=1S/C26H34FN3O5/c1-29(2)11-10-28-26(31)25(35-21-6-3-5-20(27)14-21)17-30(16-22-7-4-12-32-22)15-19-8-9-23-24(13-19)34-18-33-23/h3,5-6,8-9,13-14,22,25H,4,7,10-12,15-18H2,1-2H3,(H,28,31). The molecular weight excluding hydrogens is 453 g/mol. The molecule has 2 atom stereocenters. The fraction of sp³-hybridized carbons (Fsp3) is 0.500. The van der Waals surface area contributed by atoms with Crippen LogP contribution >= 0.6 is 0 Å². The van der Waals surface area contributed by atoms with E-state index in [2.05, 4.69) is 10.2 Å². The maximum absolute atomic E-state index is 13.8. The number of nitrogens with one attached hydrogen (secondary N) is 1. The van der Waals surface area contributed by atoms with E-state index in [1.54, 1.807) is 12.1 Å². The number of likely N-dealkylation sites (N-methyl/N-ethyl adjacent to an activating group) is 1. The summed E-state index contributed by atoms with van der Waals surface area (Å²) in [6, 6.07) is 11.7. The summed E-state index contributed by atoms with van der Waals surface area (Å²) >= 11 is 0. The van der Waals surface area contributed by atoms with Crippen LogP contribution in [0.15, 0.2) is 42.5 Å². The molecule has 0 bridgehead atoms. The Bertz CT molecular complexity index is 983. The van der Waals surface area contributed by atoms with Crippen LogP contribution in [0.4, 0.5) is 4.39 Å². The van der Waals surface area contributed by atoms with Crippen LogP contribution in [-0.4, -0.2) is 81.6 Å². The van der Waals surface area contributed by atoms with Gasteiger partial charge in [0.05, 0.1) is 6.10 Å². The second kappa shape index (κ2) is 12.2. The second-order valence-electron chi connectivity index (χ2n) is 9.17. The van der Waals surface area contributed by atoms with Gasteiger partial charge in [-0.15, -0.1) is 0 Å². The van der Waals surface area contributed by atoms with Gasteiger partial charge in [-0.2, -0.15) is 0 Å². The van der Waals surface area contributed by atoms with Gasteiger partial charge in [-0.1, -0.05) is 12.1 Å². The third-order valence-corrected chi connectivity index (χ3v) is 5.98. The Balaban J connectivity index is 1.50. The summed E-state index contributed by atoms with van der Waals surface area (Å²) in [5, 5.41) is 2.95. The Morgan fingerprint density at radius 3 is 2.83 bits per heavy atom. The molecule has 8 nitrogen and oxygen atoms in total. The lowest BCUT2D eigenvalue weighted by Gasteiger charge is -2.29. The molecule has 2 aliphatic heterocycles. The van der Waals surface area contributed by atoms with Crippen LogP contribution < -0.4 is 19.5 Å². The van der Waals surface area contributed by atoms with Crippen molar-refractivity contribution in [3.8, 4) is 17.2 Å². The van der Waals surface area contributed by atoms with E-state index in [4.69, 9.17) is 18.9 Å². The summed E-state index contributed by atoms with van der Waals surface area (Å²) in [5.74, 6) is 1.11. The van der Waals surface area contributed by atoms with Gasteiger partial charge in [-0.05, 0) is 56.8 Å². The SMILES string of the molecule is CN(C)CCNC(=O)C(CN(Cc1ccc2c(c1)OCO2)CC1CCCO1)Oc1cccc(F)c1. The lowest BCUT2D eigenvalue weighted by molar-refractivity contribution is -0.129. The fourth-order valence-corrected chi connectivity index (χ4v) is 4.21. The lowest BCUT2D eigenvalue weighted by atomic mass is 10.1. The highest BCUT2D eigenvalue weighted by atomic mass is 19.1. The highest BCUT2D eigenvalue weighted by Crippen LogP contribution is 2.33. The molecular formula is C26H34FN3O5. The van der Waals surface area contributed by atoms with Gasteiger partial charge >= 0.3 is 0 Å². The first-order valence-corrected chi connectivity index (χ1v) is 12.0. The summed E-state index contributed by atoms with van der Waals surface area (Å²) < 4.78 is 36.7. The maximum Gasteiger partial charge on any atom is 0.262 e. The van der Waals surface area contributed by atoms with E-state index in [0.717, 1.165) is 30.8 Å². The first-order chi connectivity index (χ1) is 17.0. The van der Waals surface area contributed by atoms with Crippen LogP contribution in [0.5, 0.6) is 17.2 Å². The molecule has 2 aliphatic rings. The number of amides is 1. The Morgan fingerprint density at radius 1 is 1.20 bits per heavy atom. The zero-order chi connectivity index (χ0) is 24.6. The van der Waals surface area contributed by atoms with Gasteiger partial charge in [-0.3, -0.25) is 9.69 Å². The van der Waals surface area contributed by atoms with E-state index < -0.39 is 11.9 Å². The Labute approximate surface area is 205 Å². The fourth-order valence-electron chi connectivity index (χ4n) is 4.21. The number of carbonyl (C=O) groups excluding carboxylic acids is 1. The Morgan fingerprint density at radius 2 is 2.06 bits per heavy atom. The maximum atomic E-state index is 13.8. The van der Waals surface area contributed by atoms with Crippen LogP contribution in [0.2, 0.25) is 0 Å². The topological polar surface area (TPSA) is 72.5 Å². The molecule has 9 heteroatoms. The molecule has 1 saturated heterocycles. The van der Waals surface area contributed by atoms with Crippen molar-refractivity contribution in [2.24, 2.45) is 0 Å². The highest BCUT2D eigenvalue weighted by Gasteiger charge is 2.27. The van der Waals surface area contributed by atoms with Gasteiger partial charge in [0.25, 0.3) is 5.91 Å². The number of nitrogens with zero attached hydrogens (tertiary/aromatic N) is 2. The minimum absolute atomic E-state index is 0.0932. The van der Waals surface area contributed by atoms with Crippen LogP contribution in [0, 0.1) is 5.82 Å². The van der Waals surface area contributed by atoms with Crippen molar-refractivity contribution in [3.63, 3.8) is 0 Å². The van der Waals surface area contributed by atoms with Gasteiger partial charge < -0.3 is 29.2 Å². The van der Waals surface area contributed by atoms with E-state index in [1.165, 1.54) is 12.1 Å². The molecule has 190 valence electrons. The molecule has 2 heterocycles. The minimum Gasteiger partial charge on any atom is -0.479 e. The molecule has 2 aromatic carbocycles. The first kappa shape index (κ1) is 25.2. The molecule has 2 unspecified atom stereocenters. The predicted molar refractivity (Wildman–Crippen MR) is 129 cm³/mol. The number of halogens is 1. The molecule has 0 spiro atoms. The summed E-state index contributed by atoms with van der Waals surface area (Å²) in [6.45, 7) is 3.70. The zero-order valence-corrected chi connectivity index (χ0v) is 20.4. The van der Waals surface area contributed by atoms with Gasteiger partial charge in [0.15, 0.2) is 17.6 Å². The monoisotopic (exact) mass is 487 g/mol. The van der Waals surface area contributed by atoms with Crippen molar-refractivity contribution < 1.29 is 28.1 Å². The number of ether oxygens (including phenoxy) is 4. The number of rotatable bonds is 12. The summed E-state index contributed by atoms with van der Waals surface area (Å²) in [5.41, 5.74) is 1.03. The van der Waals surface area contributed by atoms with E-state index in [0.29, 0.717) is 44.2 Å². The normalized spacial score (nSPS) is 17.7. The summed E-state index contributed by atoms with van der Waals surface area (Å²) in [4.78, 5) is 17.3. The molecule has 0 radical (unpaired) electrons. The van der Waals surface area contributed by atoms with Gasteiger partial charge in [0, 0.05) is 45.4 Å². The number of hydrogen-bond donors (Lipinski definition) is 1. The van der Waals surface area contributed by atoms with Crippen LogP contribution in [0.25, 0.3) is 0 Å². The molecule has 1 N–H and O–H groups in total. The van der Waals surface area contributed by atoms with Crippen LogP contribution in [-0.2, 0) is 16.1 Å². The summed E-state index contributed by atoms with van der Waals surface area (Å²) in [6.07, 6.45) is 1.27. The van der Waals surface area contributed by atoms with Crippen molar-refractivity contribution in [1.82, 2.24) is 15.1 Å². The largest absolute Gasteiger partial charge is 0.479 e. The lowest BCUT2D eigenvalue weighted by Crippen LogP contribution is -2.48. The van der Waals surface area contributed by atoms with Crippen LogP contribution in [0.1, 0.15) is 18.4 Å². The van der Waals surface area contributed by atoms with Crippen molar-refractivity contribution in [2.45, 2.75) is 31.6 Å². The van der Waals surface area contributed by atoms with Gasteiger partial charge in [0.2, 0.25) is 6.79 Å². The molecule has 0 aliphatic carbocycles. The van der Waals surface area contributed by atoms with Crippen molar-refractivity contribution in [1.29, 1.82) is 0 Å². The average molecular weight is 488 g/mol. The first-order valence-electron chi connectivity index (χ1n) is 12.0. The number of hydrogen-bond acceptors (Lipinski definition) is 7. The van der Waals surface area contributed by atoms with Crippen molar-refractivity contribution >= 4 is 5.91 Å². The van der Waals surface area contributed by atoms with Crippen LogP contribution in [0.3, 0.4) is 0 Å². The van der Waals surface area contributed by atoms with Gasteiger partial charge in [-0.25, -0.2) is 4.39 Å². The molecule has 1 amide bonds. The smallest absolute Gasteiger partial charge is 0.262 e. The predicted octanol–water partition coefficient (Wildman–Crippen LogP) is 2.66. The van der Waals surface area contributed by atoms with E-state index >= 15 is 0 Å². The summed E-state index contributed by atoms with van der Waals surface area (Å²) in [7, 11) is 3.89. The quantitative estimate of drug-likeness (QED) is 0.494. The van der Waals surface area contributed by atoms with E-state index in [1.807, 2.05) is 37.2 Å². The molecule has 0 saturated carbocycles. The third-order valence-electron chi connectivity index (χ3n) is 5.98. The Hall–Kier alpha value is -2.88. The number of fused-ring (bicyclic) bond motifs is 1. The number of benzene rings is 2. The molecule has 0 aromatic heterocycles. The second-order valence-corrected chi connectivity index (χ2v) is 9.17. The highest BCUT2D eigenvalue weighted by molar-refractivity contribution is 5.81.